The Kier molecular flexibility index (Phi) is 4.41. The van der Waals surface area contributed by atoms with Crippen molar-refractivity contribution in [3.05, 3.63) is 52.3 Å². The molecule has 0 spiro atoms. The van der Waals surface area contributed by atoms with Crippen LogP contribution in [-0.2, 0) is 11.2 Å². The van der Waals surface area contributed by atoms with Gasteiger partial charge in [0.1, 0.15) is 0 Å². The van der Waals surface area contributed by atoms with Crippen LogP contribution >= 0.6 is 0 Å². The number of nitrogens with zero attached hydrogens (tertiary/aromatic N) is 1. The van der Waals surface area contributed by atoms with E-state index in [4.69, 9.17) is 4.74 Å². The van der Waals surface area contributed by atoms with Crippen LogP contribution < -0.4 is 4.90 Å². The van der Waals surface area contributed by atoms with Crippen molar-refractivity contribution < 1.29 is 14.3 Å². The van der Waals surface area contributed by atoms with E-state index in [2.05, 4.69) is 28.9 Å². The number of aromatic amines is 1. The molecule has 2 aromatic rings. The number of aryl methyl sites for hydroxylation is 1. The summed E-state index contributed by atoms with van der Waals surface area (Å²) in [5.41, 5.74) is 4.64. The average Bonchev–Trinajstić information content (AvgIpc) is 3.08. The van der Waals surface area contributed by atoms with Gasteiger partial charge in [-0.3, -0.25) is 4.79 Å². The first-order valence-electron chi connectivity index (χ1n) is 8.54. The summed E-state index contributed by atoms with van der Waals surface area (Å²) in [6, 6.07) is 8.15. The number of H-pyrrole nitrogens is 1. The molecular formula is C20H24N2O3. The molecule has 0 unspecified atom stereocenters. The monoisotopic (exact) mass is 340 g/mol. The van der Waals surface area contributed by atoms with Crippen LogP contribution in [0.15, 0.2) is 24.3 Å². The second kappa shape index (κ2) is 6.39. The Labute approximate surface area is 148 Å². The van der Waals surface area contributed by atoms with Gasteiger partial charge in [-0.05, 0) is 51.3 Å². The lowest BCUT2D eigenvalue weighted by atomic mass is 10.0. The topological polar surface area (TPSA) is 62.4 Å². The smallest absolute Gasteiger partial charge is 0.339 e. The molecule has 0 bridgehead atoms. The first-order valence-corrected chi connectivity index (χ1v) is 8.54. The molecule has 0 radical (unpaired) electrons. The summed E-state index contributed by atoms with van der Waals surface area (Å²) in [6.07, 6.45) is 0.934. The second-order valence-electron chi connectivity index (χ2n) is 6.75. The zero-order valence-electron chi connectivity index (χ0n) is 15.3. The van der Waals surface area contributed by atoms with Crippen molar-refractivity contribution in [2.24, 2.45) is 0 Å². The van der Waals surface area contributed by atoms with E-state index < -0.39 is 5.97 Å². The van der Waals surface area contributed by atoms with E-state index >= 15 is 0 Å². The molecule has 132 valence electrons. The van der Waals surface area contributed by atoms with Gasteiger partial charge in [0.2, 0.25) is 5.78 Å². The number of carbonyl (C=O) groups is 2. The number of ketones is 1. The molecule has 5 nitrogen and oxygen atoms in total. The Morgan fingerprint density at radius 1 is 1.28 bits per heavy atom. The van der Waals surface area contributed by atoms with E-state index in [0.29, 0.717) is 22.5 Å². The fourth-order valence-electron chi connectivity index (χ4n) is 3.92. The lowest BCUT2D eigenvalue weighted by Gasteiger charge is -2.30. The SMILES string of the molecule is COC(=O)c1c(C)[nH]c(C(=O)[C@H](C)N2c3ccccc3C[C@@H]2C)c1C. The third-order valence-electron chi connectivity index (χ3n) is 5.13. The van der Waals surface area contributed by atoms with E-state index in [9.17, 15) is 9.59 Å². The highest BCUT2D eigenvalue weighted by Gasteiger charge is 2.35. The van der Waals surface area contributed by atoms with Crippen molar-refractivity contribution in [3.63, 3.8) is 0 Å². The van der Waals surface area contributed by atoms with Gasteiger partial charge < -0.3 is 14.6 Å². The molecule has 2 atom stereocenters. The quantitative estimate of drug-likeness (QED) is 0.684. The van der Waals surface area contributed by atoms with E-state index in [1.807, 2.05) is 19.1 Å². The number of hydrogen-bond donors (Lipinski definition) is 1. The summed E-state index contributed by atoms with van der Waals surface area (Å²) in [6.45, 7) is 7.64. The molecule has 0 amide bonds. The van der Waals surface area contributed by atoms with Gasteiger partial charge in [0.25, 0.3) is 0 Å². The van der Waals surface area contributed by atoms with Gasteiger partial charge in [-0.2, -0.15) is 0 Å². The predicted molar refractivity (Wildman–Crippen MR) is 97.5 cm³/mol. The van der Waals surface area contributed by atoms with Crippen LogP contribution in [0.2, 0.25) is 0 Å². The standard InChI is InChI=1S/C20H24N2O3/c1-11-10-15-8-6-7-9-16(15)22(11)14(4)19(23)18-12(2)17(13(3)21-18)20(24)25-5/h6-9,11,14,21H,10H2,1-5H3/t11-,14-/m0/s1. The molecule has 0 saturated heterocycles. The molecule has 1 N–H and O–H groups in total. The number of benzene rings is 1. The van der Waals surface area contributed by atoms with E-state index in [1.165, 1.54) is 12.7 Å². The largest absolute Gasteiger partial charge is 0.465 e. The third kappa shape index (κ3) is 2.73. The van der Waals surface area contributed by atoms with Crippen LogP contribution in [0.5, 0.6) is 0 Å². The van der Waals surface area contributed by atoms with Gasteiger partial charge in [-0.25, -0.2) is 4.79 Å². The van der Waals surface area contributed by atoms with Gasteiger partial charge in [-0.1, -0.05) is 18.2 Å². The molecule has 1 aliphatic rings. The fraction of sp³-hybridized carbons (Fsp3) is 0.400. The highest BCUT2D eigenvalue weighted by Crippen LogP contribution is 2.34. The fourth-order valence-corrected chi connectivity index (χ4v) is 3.92. The van der Waals surface area contributed by atoms with Crippen LogP contribution in [0.3, 0.4) is 0 Å². The lowest BCUT2D eigenvalue weighted by Crippen LogP contribution is -2.43. The number of nitrogens with one attached hydrogen (secondary N) is 1. The number of para-hydroxylation sites is 1. The van der Waals surface area contributed by atoms with Crippen LogP contribution in [0, 0.1) is 13.8 Å². The van der Waals surface area contributed by atoms with Crippen molar-refractivity contribution >= 4 is 17.4 Å². The minimum atomic E-state index is -0.419. The van der Waals surface area contributed by atoms with E-state index in [1.54, 1.807) is 13.8 Å². The van der Waals surface area contributed by atoms with Crippen molar-refractivity contribution in [3.8, 4) is 0 Å². The summed E-state index contributed by atoms with van der Waals surface area (Å²) in [5, 5.41) is 0. The van der Waals surface area contributed by atoms with Crippen molar-refractivity contribution in [1.29, 1.82) is 0 Å². The Bertz CT molecular complexity index is 837. The molecule has 1 aromatic heterocycles. The summed E-state index contributed by atoms with van der Waals surface area (Å²) in [5.74, 6) is -0.433. The van der Waals surface area contributed by atoms with Gasteiger partial charge >= 0.3 is 5.97 Å². The minimum absolute atomic E-state index is 0.0145. The molecule has 1 aromatic carbocycles. The molecule has 5 heteroatoms. The molecule has 0 fully saturated rings. The minimum Gasteiger partial charge on any atom is -0.465 e. The van der Waals surface area contributed by atoms with E-state index in [-0.39, 0.29) is 17.9 Å². The molecule has 3 rings (SSSR count). The Morgan fingerprint density at radius 3 is 2.64 bits per heavy atom. The number of carbonyl (C=O) groups excluding carboxylic acids is 2. The molecule has 0 saturated carbocycles. The second-order valence-corrected chi connectivity index (χ2v) is 6.75. The Balaban J connectivity index is 1.96. The maximum atomic E-state index is 13.2. The Morgan fingerprint density at radius 2 is 1.96 bits per heavy atom. The number of aromatic nitrogens is 1. The molecule has 1 aliphatic heterocycles. The van der Waals surface area contributed by atoms with Crippen molar-refractivity contribution in [1.82, 2.24) is 4.98 Å². The molecular weight excluding hydrogens is 316 g/mol. The summed E-state index contributed by atoms with van der Waals surface area (Å²) >= 11 is 0. The van der Waals surface area contributed by atoms with Crippen LogP contribution in [-0.4, -0.2) is 35.9 Å². The maximum Gasteiger partial charge on any atom is 0.339 e. The number of esters is 1. The van der Waals surface area contributed by atoms with E-state index in [0.717, 1.165) is 12.1 Å². The highest BCUT2D eigenvalue weighted by atomic mass is 16.5. The van der Waals surface area contributed by atoms with Gasteiger partial charge in [0.15, 0.2) is 0 Å². The van der Waals surface area contributed by atoms with Crippen molar-refractivity contribution in [2.75, 3.05) is 12.0 Å². The summed E-state index contributed by atoms with van der Waals surface area (Å²) in [7, 11) is 1.35. The zero-order chi connectivity index (χ0) is 18.3. The van der Waals surface area contributed by atoms with Gasteiger partial charge in [-0.15, -0.1) is 0 Å². The first-order chi connectivity index (χ1) is 11.9. The molecule has 2 heterocycles. The third-order valence-corrected chi connectivity index (χ3v) is 5.13. The number of methoxy groups -OCH3 is 1. The summed E-state index contributed by atoms with van der Waals surface area (Å²) < 4.78 is 4.83. The number of fused-ring (bicyclic) bond motifs is 1. The normalized spacial score (nSPS) is 17.3. The lowest BCUT2D eigenvalue weighted by molar-refractivity contribution is 0.0599. The van der Waals surface area contributed by atoms with Crippen LogP contribution in [0.25, 0.3) is 0 Å². The van der Waals surface area contributed by atoms with Crippen LogP contribution in [0.1, 0.15) is 51.5 Å². The highest BCUT2D eigenvalue weighted by molar-refractivity contribution is 6.05. The molecule has 25 heavy (non-hydrogen) atoms. The van der Waals surface area contributed by atoms with Crippen LogP contribution in [0.4, 0.5) is 5.69 Å². The maximum absolute atomic E-state index is 13.2. The van der Waals surface area contributed by atoms with Crippen molar-refractivity contribution in [2.45, 2.75) is 46.2 Å². The summed E-state index contributed by atoms with van der Waals surface area (Å²) in [4.78, 5) is 30.4. The average molecular weight is 340 g/mol. The van der Waals surface area contributed by atoms with Gasteiger partial charge in [0, 0.05) is 17.4 Å². The molecule has 0 aliphatic carbocycles. The number of rotatable bonds is 4. The number of hydrogen-bond acceptors (Lipinski definition) is 4. The number of Topliss-reactive ketones (excluding diaryl/α,β-unsaturated/α-hetero) is 1. The first kappa shape index (κ1) is 17.3. The predicted octanol–water partition coefficient (Wildman–Crippen LogP) is 3.44. The number of anilines is 1. The zero-order valence-corrected chi connectivity index (χ0v) is 15.3. The number of ether oxygens (including phenoxy) is 1. The van der Waals surface area contributed by atoms with Gasteiger partial charge in [0.05, 0.1) is 24.4 Å². The Hall–Kier alpha value is -2.56.